The van der Waals surface area contributed by atoms with E-state index in [0.29, 0.717) is 17.3 Å². The van der Waals surface area contributed by atoms with Gasteiger partial charge in [-0.3, -0.25) is 4.79 Å². The number of fused-ring (bicyclic) bond motifs is 1. The van der Waals surface area contributed by atoms with Crippen molar-refractivity contribution in [2.45, 2.75) is 18.3 Å². The zero-order valence-electron chi connectivity index (χ0n) is 18.4. The maximum atomic E-state index is 14.4. The van der Waals surface area contributed by atoms with E-state index in [2.05, 4.69) is 20.4 Å². The van der Waals surface area contributed by atoms with Gasteiger partial charge in [0.05, 0.1) is 29.9 Å². The molecule has 2 heterocycles. The third-order valence-corrected chi connectivity index (χ3v) is 5.32. The molecule has 0 aliphatic rings. The normalized spacial score (nSPS) is 13.7. The maximum absolute atomic E-state index is 14.4. The number of aliphatic hydroxyl groups is 1. The average molecular weight is 503 g/mol. The fourth-order valence-electron chi connectivity index (χ4n) is 3.55. The number of halogens is 5. The number of rotatable bonds is 7. The third kappa shape index (κ3) is 5.71. The molecule has 0 spiro atoms. The molecular formula is C24H18F5N5O2. The minimum atomic E-state index is -4.47. The highest BCUT2D eigenvalue weighted by atomic mass is 19.4. The van der Waals surface area contributed by atoms with E-state index < -0.39 is 41.4 Å². The van der Waals surface area contributed by atoms with E-state index in [1.54, 1.807) is 0 Å². The quantitative estimate of drug-likeness (QED) is 0.295. The second kappa shape index (κ2) is 9.82. The Bertz CT molecular complexity index is 1420. The van der Waals surface area contributed by atoms with Gasteiger partial charge in [0.15, 0.2) is 0 Å². The van der Waals surface area contributed by atoms with Gasteiger partial charge in [-0.1, -0.05) is 12.1 Å². The van der Waals surface area contributed by atoms with Crippen LogP contribution in [-0.4, -0.2) is 37.3 Å². The lowest BCUT2D eigenvalue weighted by Crippen LogP contribution is -2.44. The first-order valence-corrected chi connectivity index (χ1v) is 10.5. The molecule has 2 aromatic carbocycles. The standard InChI is InChI=1S/C24H18F5N5O2/c25-17-3-6-19(20(26)10-17)23(36,12-34-14-30-13-32-34)11-31-22(35)8-5-18-4-1-15-9-16(24(27,28)29)2-7-21(15)33-18/h1-10,13-14,36H,11-12H2,(H,31,35)/b8-5+. The molecule has 0 aliphatic carbocycles. The minimum Gasteiger partial charge on any atom is -0.381 e. The summed E-state index contributed by atoms with van der Waals surface area (Å²) in [6, 6.07) is 8.70. The van der Waals surface area contributed by atoms with Crippen LogP contribution in [0.1, 0.15) is 16.8 Å². The molecule has 0 fully saturated rings. The number of amides is 1. The predicted octanol–water partition coefficient (Wildman–Crippen LogP) is 3.84. The zero-order chi connectivity index (χ0) is 25.9. The Morgan fingerprint density at radius 1 is 1.08 bits per heavy atom. The molecule has 186 valence electrons. The van der Waals surface area contributed by atoms with Crippen LogP contribution in [0, 0.1) is 11.6 Å². The van der Waals surface area contributed by atoms with Crippen LogP contribution in [0.2, 0.25) is 0 Å². The van der Waals surface area contributed by atoms with Crippen LogP contribution in [0.15, 0.2) is 67.3 Å². The summed E-state index contributed by atoms with van der Waals surface area (Å²) in [5.74, 6) is -2.50. The van der Waals surface area contributed by atoms with Gasteiger partial charge in [-0.25, -0.2) is 23.4 Å². The molecule has 1 unspecified atom stereocenters. The van der Waals surface area contributed by atoms with Gasteiger partial charge in [-0.2, -0.15) is 18.3 Å². The van der Waals surface area contributed by atoms with Gasteiger partial charge in [-0.15, -0.1) is 0 Å². The molecule has 36 heavy (non-hydrogen) atoms. The van der Waals surface area contributed by atoms with Crippen molar-refractivity contribution in [1.29, 1.82) is 0 Å². The van der Waals surface area contributed by atoms with Gasteiger partial charge < -0.3 is 10.4 Å². The molecule has 2 N–H and O–H groups in total. The first-order valence-electron chi connectivity index (χ1n) is 10.5. The molecule has 0 saturated carbocycles. The molecule has 4 aromatic rings. The SMILES string of the molecule is O=C(/C=C/c1ccc2cc(C(F)(F)F)ccc2n1)NCC(O)(Cn1cncn1)c1ccc(F)cc1F. The van der Waals surface area contributed by atoms with Gasteiger partial charge in [0.2, 0.25) is 5.91 Å². The number of hydrogen-bond acceptors (Lipinski definition) is 5. The van der Waals surface area contributed by atoms with Gasteiger partial charge in [0.1, 0.15) is 29.9 Å². The highest BCUT2D eigenvalue weighted by Crippen LogP contribution is 2.31. The Balaban J connectivity index is 1.49. The van der Waals surface area contributed by atoms with Crippen molar-refractivity contribution in [3.63, 3.8) is 0 Å². The van der Waals surface area contributed by atoms with Crippen LogP contribution >= 0.6 is 0 Å². The number of benzene rings is 2. The number of nitrogens with one attached hydrogen (secondary N) is 1. The monoisotopic (exact) mass is 503 g/mol. The first-order chi connectivity index (χ1) is 17.0. The van der Waals surface area contributed by atoms with Crippen molar-refractivity contribution >= 4 is 22.9 Å². The van der Waals surface area contributed by atoms with Gasteiger partial charge >= 0.3 is 6.18 Å². The predicted molar refractivity (Wildman–Crippen MR) is 119 cm³/mol. The first kappa shape index (κ1) is 24.9. The molecule has 12 heteroatoms. The number of carbonyl (C=O) groups is 1. The fraction of sp³-hybridized carbons (Fsp3) is 0.167. The molecule has 0 bridgehead atoms. The van der Waals surface area contributed by atoms with E-state index in [-0.39, 0.29) is 17.5 Å². The summed E-state index contributed by atoms with van der Waals surface area (Å²) < 4.78 is 67.7. The number of aromatic nitrogens is 4. The van der Waals surface area contributed by atoms with E-state index in [9.17, 15) is 31.9 Å². The minimum absolute atomic E-state index is 0.252. The van der Waals surface area contributed by atoms with Crippen LogP contribution in [-0.2, 0) is 23.1 Å². The van der Waals surface area contributed by atoms with Crippen LogP contribution < -0.4 is 5.32 Å². The van der Waals surface area contributed by atoms with E-state index >= 15 is 0 Å². The van der Waals surface area contributed by atoms with Crippen molar-refractivity contribution in [3.05, 3.63) is 95.7 Å². The second-order valence-corrected chi connectivity index (χ2v) is 7.94. The Hall–Kier alpha value is -4.19. The number of nitrogens with zero attached hydrogens (tertiary/aromatic N) is 4. The largest absolute Gasteiger partial charge is 0.416 e. The zero-order valence-corrected chi connectivity index (χ0v) is 18.4. The van der Waals surface area contributed by atoms with Crippen molar-refractivity contribution in [2.75, 3.05) is 6.54 Å². The fourth-order valence-corrected chi connectivity index (χ4v) is 3.55. The van der Waals surface area contributed by atoms with Gasteiger partial charge in [0.25, 0.3) is 0 Å². The average Bonchev–Trinajstić information content (AvgIpc) is 3.33. The van der Waals surface area contributed by atoms with E-state index in [1.165, 1.54) is 41.6 Å². The van der Waals surface area contributed by atoms with Gasteiger partial charge in [0, 0.05) is 23.1 Å². The number of pyridine rings is 1. The van der Waals surface area contributed by atoms with Crippen molar-refractivity contribution < 1.29 is 31.9 Å². The number of alkyl halides is 3. The molecular weight excluding hydrogens is 485 g/mol. The molecule has 0 radical (unpaired) electrons. The van der Waals surface area contributed by atoms with Crippen molar-refractivity contribution in [1.82, 2.24) is 25.1 Å². The number of hydrogen-bond donors (Lipinski definition) is 2. The summed E-state index contributed by atoms with van der Waals surface area (Å²) in [6.45, 7) is -0.740. The second-order valence-electron chi connectivity index (χ2n) is 7.94. The Morgan fingerprint density at radius 2 is 1.89 bits per heavy atom. The Kier molecular flexibility index (Phi) is 6.80. The van der Waals surface area contributed by atoms with E-state index in [4.69, 9.17) is 0 Å². The Morgan fingerprint density at radius 3 is 2.58 bits per heavy atom. The van der Waals surface area contributed by atoms with Crippen LogP contribution in [0.25, 0.3) is 17.0 Å². The molecule has 0 aliphatic heterocycles. The summed E-state index contributed by atoms with van der Waals surface area (Å²) in [5.41, 5.74) is -2.43. The highest BCUT2D eigenvalue weighted by molar-refractivity contribution is 5.92. The molecule has 7 nitrogen and oxygen atoms in total. The highest BCUT2D eigenvalue weighted by Gasteiger charge is 2.34. The van der Waals surface area contributed by atoms with E-state index in [1.807, 2.05) is 0 Å². The molecule has 1 amide bonds. The molecule has 0 saturated heterocycles. The van der Waals surface area contributed by atoms with Crippen LogP contribution in [0.5, 0.6) is 0 Å². The maximum Gasteiger partial charge on any atom is 0.416 e. The topological polar surface area (TPSA) is 92.9 Å². The lowest BCUT2D eigenvalue weighted by atomic mass is 9.92. The smallest absolute Gasteiger partial charge is 0.381 e. The summed E-state index contributed by atoms with van der Waals surface area (Å²) in [5, 5.41) is 17.8. The summed E-state index contributed by atoms with van der Waals surface area (Å²) in [7, 11) is 0. The molecule has 1 atom stereocenters. The number of carbonyl (C=O) groups excluding carboxylic acids is 1. The van der Waals surface area contributed by atoms with Crippen molar-refractivity contribution in [2.24, 2.45) is 0 Å². The third-order valence-electron chi connectivity index (χ3n) is 5.32. The molecule has 2 aromatic heterocycles. The summed E-state index contributed by atoms with van der Waals surface area (Å²) >= 11 is 0. The Labute approximate surface area is 200 Å². The van der Waals surface area contributed by atoms with E-state index in [0.717, 1.165) is 30.3 Å². The van der Waals surface area contributed by atoms with Crippen LogP contribution in [0.3, 0.4) is 0 Å². The van der Waals surface area contributed by atoms with Crippen molar-refractivity contribution in [3.8, 4) is 0 Å². The van der Waals surface area contributed by atoms with Gasteiger partial charge in [-0.05, 0) is 36.4 Å². The summed E-state index contributed by atoms with van der Waals surface area (Å²) in [6.07, 6.45) is 0.467. The molecule has 4 rings (SSSR count). The lowest BCUT2D eigenvalue weighted by molar-refractivity contribution is -0.137. The lowest BCUT2D eigenvalue weighted by Gasteiger charge is -2.29. The van der Waals surface area contributed by atoms with Crippen LogP contribution in [0.4, 0.5) is 22.0 Å². The summed E-state index contributed by atoms with van der Waals surface area (Å²) in [4.78, 5) is 20.4.